The van der Waals surface area contributed by atoms with Gasteiger partial charge in [-0.3, -0.25) is 14.3 Å². The van der Waals surface area contributed by atoms with Crippen LogP contribution in [0.2, 0.25) is 0 Å². The summed E-state index contributed by atoms with van der Waals surface area (Å²) in [7, 11) is 0. The highest BCUT2D eigenvalue weighted by Gasteiger charge is 2.44. The zero-order valence-corrected chi connectivity index (χ0v) is 9.43. The van der Waals surface area contributed by atoms with Crippen LogP contribution >= 0.6 is 12.2 Å². The van der Waals surface area contributed by atoms with Crippen molar-refractivity contribution in [2.45, 2.75) is 24.6 Å². The van der Waals surface area contributed by atoms with Crippen LogP contribution in [0.25, 0.3) is 0 Å². The summed E-state index contributed by atoms with van der Waals surface area (Å²) in [5, 5.41) is 18.3. The van der Waals surface area contributed by atoms with Crippen LogP contribution in [-0.2, 0) is 4.74 Å². The smallest absolute Gasteiger partial charge is 0.251 e. The second-order valence-electron chi connectivity index (χ2n) is 3.70. The summed E-state index contributed by atoms with van der Waals surface area (Å²) in [5.74, 6) is 0. The third kappa shape index (κ3) is 2.16. The van der Waals surface area contributed by atoms with Gasteiger partial charge in [-0.15, -0.1) is 0 Å². The van der Waals surface area contributed by atoms with Crippen LogP contribution < -0.4 is 5.56 Å². The Morgan fingerprint density at radius 3 is 2.88 bits per heavy atom. The van der Waals surface area contributed by atoms with E-state index in [1.165, 1.54) is 16.8 Å². The van der Waals surface area contributed by atoms with Crippen LogP contribution in [0.3, 0.4) is 0 Å². The Bertz CT molecular complexity index is 516. The highest BCUT2D eigenvalue weighted by molar-refractivity contribution is 7.71. The lowest BCUT2D eigenvalue weighted by molar-refractivity contribution is -0.0484. The van der Waals surface area contributed by atoms with Crippen LogP contribution in [0.4, 0.5) is 4.39 Å². The van der Waals surface area contributed by atoms with Gasteiger partial charge in [0.25, 0.3) is 5.56 Å². The molecule has 3 N–H and O–H groups in total. The Hall–Kier alpha value is -1.09. The molecule has 2 heterocycles. The summed E-state index contributed by atoms with van der Waals surface area (Å²) in [6, 6.07) is 1.17. The largest absolute Gasteiger partial charge is 0.394 e. The zero-order valence-electron chi connectivity index (χ0n) is 8.62. The van der Waals surface area contributed by atoms with Crippen molar-refractivity contribution in [2.24, 2.45) is 0 Å². The molecule has 0 spiro atoms. The Morgan fingerprint density at radius 2 is 2.35 bits per heavy atom. The first-order chi connectivity index (χ1) is 8.04. The van der Waals surface area contributed by atoms with E-state index in [-0.39, 0.29) is 4.77 Å². The highest BCUT2D eigenvalue weighted by Crippen LogP contribution is 2.31. The van der Waals surface area contributed by atoms with E-state index in [0.29, 0.717) is 0 Å². The molecule has 8 heteroatoms. The molecule has 4 atom stereocenters. The summed E-state index contributed by atoms with van der Waals surface area (Å²) in [4.78, 5) is 13.3. The number of hydrogen-bond donors (Lipinski definition) is 3. The summed E-state index contributed by atoms with van der Waals surface area (Å²) in [6.07, 6.45) is -4.00. The van der Waals surface area contributed by atoms with Crippen molar-refractivity contribution >= 4 is 12.2 Å². The van der Waals surface area contributed by atoms with Gasteiger partial charge in [-0.2, -0.15) is 0 Å². The minimum atomic E-state index is -1.72. The van der Waals surface area contributed by atoms with Gasteiger partial charge in [0, 0.05) is 12.3 Å². The van der Waals surface area contributed by atoms with E-state index in [1.807, 2.05) is 0 Å². The van der Waals surface area contributed by atoms with Crippen LogP contribution in [-0.4, -0.2) is 44.8 Å². The van der Waals surface area contributed by atoms with Crippen LogP contribution in [0, 0.1) is 4.77 Å². The second kappa shape index (κ2) is 4.65. The lowest BCUT2D eigenvalue weighted by atomic mass is 10.1. The minimum absolute atomic E-state index is 0.00376. The second-order valence-corrected chi connectivity index (χ2v) is 4.09. The van der Waals surface area contributed by atoms with Gasteiger partial charge in [-0.25, -0.2) is 4.39 Å². The molecule has 1 saturated heterocycles. The van der Waals surface area contributed by atoms with Gasteiger partial charge >= 0.3 is 0 Å². The van der Waals surface area contributed by atoms with Gasteiger partial charge in [0.15, 0.2) is 17.2 Å². The quantitative estimate of drug-likeness (QED) is 0.625. The Morgan fingerprint density at radius 1 is 1.65 bits per heavy atom. The number of aromatic amines is 1. The van der Waals surface area contributed by atoms with E-state index in [0.717, 1.165) is 0 Å². The van der Waals surface area contributed by atoms with Crippen molar-refractivity contribution in [3.05, 3.63) is 27.4 Å². The van der Waals surface area contributed by atoms with Gasteiger partial charge in [0.1, 0.15) is 12.2 Å². The molecule has 1 fully saturated rings. The van der Waals surface area contributed by atoms with E-state index in [4.69, 9.17) is 22.1 Å². The van der Waals surface area contributed by atoms with Crippen molar-refractivity contribution in [2.75, 3.05) is 6.61 Å². The number of nitrogens with one attached hydrogen (secondary N) is 1. The molecule has 1 aliphatic rings. The normalized spacial score (nSPS) is 32.9. The molecule has 1 aromatic rings. The fourth-order valence-electron chi connectivity index (χ4n) is 1.71. The third-order valence-corrected chi connectivity index (χ3v) is 2.91. The third-order valence-electron chi connectivity index (χ3n) is 2.60. The number of aromatic nitrogens is 2. The van der Waals surface area contributed by atoms with Crippen molar-refractivity contribution in [3.8, 4) is 0 Å². The van der Waals surface area contributed by atoms with Gasteiger partial charge < -0.3 is 14.9 Å². The standard InChI is InChI=1S/C9H11FN2O4S/c10-6-7(15)4(3-13)16-8(6)12-2-1-5(14)11-9(12)17/h1-2,4,6-8,13,15H,3H2,(H,11,14,17). The Labute approximate surface area is 100 Å². The molecule has 0 amide bonds. The molecule has 0 bridgehead atoms. The topological polar surface area (TPSA) is 87.5 Å². The zero-order chi connectivity index (χ0) is 12.6. The lowest BCUT2D eigenvalue weighted by Gasteiger charge is -2.16. The molecule has 6 nitrogen and oxygen atoms in total. The Kier molecular flexibility index (Phi) is 3.38. The highest BCUT2D eigenvalue weighted by atomic mass is 32.1. The monoisotopic (exact) mass is 262 g/mol. The lowest BCUT2D eigenvalue weighted by Crippen LogP contribution is -2.30. The van der Waals surface area contributed by atoms with Crippen molar-refractivity contribution in [1.29, 1.82) is 0 Å². The number of nitrogens with zero attached hydrogens (tertiary/aromatic N) is 1. The predicted molar refractivity (Wildman–Crippen MR) is 57.8 cm³/mol. The minimum Gasteiger partial charge on any atom is -0.394 e. The number of hydrogen-bond acceptors (Lipinski definition) is 5. The van der Waals surface area contributed by atoms with Crippen LogP contribution in [0.5, 0.6) is 0 Å². The predicted octanol–water partition coefficient (Wildman–Crippen LogP) is -0.505. The fourth-order valence-corrected chi connectivity index (χ4v) is 1.97. The number of aliphatic hydroxyl groups is 2. The average Bonchev–Trinajstić information content (AvgIpc) is 2.57. The van der Waals surface area contributed by atoms with Gasteiger partial charge in [-0.1, -0.05) is 0 Å². The number of alkyl halides is 1. The summed E-state index contributed by atoms with van der Waals surface area (Å²) in [5.41, 5.74) is -0.404. The van der Waals surface area contributed by atoms with Crippen LogP contribution in [0.15, 0.2) is 17.1 Å². The molecular weight excluding hydrogens is 251 g/mol. The van der Waals surface area contributed by atoms with Gasteiger partial charge in [-0.05, 0) is 12.2 Å². The molecule has 2 rings (SSSR count). The van der Waals surface area contributed by atoms with Gasteiger partial charge in [0.2, 0.25) is 0 Å². The maximum Gasteiger partial charge on any atom is 0.251 e. The van der Waals surface area contributed by atoms with Crippen molar-refractivity contribution < 1.29 is 19.3 Å². The average molecular weight is 262 g/mol. The summed E-state index contributed by atoms with van der Waals surface area (Å²) < 4.78 is 20.1. The molecule has 0 radical (unpaired) electrons. The molecule has 0 saturated carbocycles. The number of aliphatic hydroxyl groups excluding tert-OH is 2. The molecule has 0 aliphatic carbocycles. The molecule has 0 aromatic carbocycles. The maximum atomic E-state index is 13.7. The van der Waals surface area contributed by atoms with Crippen molar-refractivity contribution in [3.63, 3.8) is 0 Å². The summed E-state index contributed by atoms with van der Waals surface area (Å²) in [6.45, 7) is -0.491. The molecule has 94 valence electrons. The number of rotatable bonds is 2. The molecule has 1 aliphatic heterocycles. The molecule has 17 heavy (non-hydrogen) atoms. The van der Waals surface area contributed by atoms with E-state index in [9.17, 15) is 14.3 Å². The maximum absolute atomic E-state index is 13.7. The number of halogens is 1. The van der Waals surface area contributed by atoms with Gasteiger partial charge in [0.05, 0.1) is 6.61 Å². The van der Waals surface area contributed by atoms with E-state index < -0.39 is 36.8 Å². The molecular formula is C9H11FN2O4S. The number of ether oxygens (including phenoxy) is 1. The molecule has 1 aromatic heterocycles. The van der Waals surface area contributed by atoms with Crippen molar-refractivity contribution in [1.82, 2.24) is 9.55 Å². The fraction of sp³-hybridized carbons (Fsp3) is 0.556. The molecule has 4 unspecified atom stereocenters. The Balaban J connectivity index is 2.35. The first-order valence-electron chi connectivity index (χ1n) is 4.94. The first kappa shape index (κ1) is 12.4. The van der Waals surface area contributed by atoms with Crippen LogP contribution in [0.1, 0.15) is 6.23 Å². The van der Waals surface area contributed by atoms with E-state index >= 15 is 0 Å². The first-order valence-corrected chi connectivity index (χ1v) is 5.35. The SMILES string of the molecule is O=c1ccn(C2OC(CO)C(O)C2F)c(=S)[nH]1. The number of H-pyrrole nitrogens is 1. The summed E-state index contributed by atoms with van der Waals surface area (Å²) >= 11 is 4.86. The van der Waals surface area contributed by atoms with E-state index in [1.54, 1.807) is 0 Å². The van der Waals surface area contributed by atoms with E-state index in [2.05, 4.69) is 4.98 Å².